The third-order valence-electron chi connectivity index (χ3n) is 7.55. The maximum Gasteiger partial charge on any atom is 0.233 e. The average molecular weight is 566 g/mol. The number of hydrogen-bond donors (Lipinski definition) is 0. The molecule has 1 aromatic heterocycles. The molecule has 2 saturated heterocycles. The number of rotatable bonds is 19. The van der Waals surface area contributed by atoms with Crippen molar-refractivity contribution in [1.82, 2.24) is 24.8 Å². The maximum atomic E-state index is 12.5. The minimum Gasteiger partial charge on any atom is -0.379 e. The van der Waals surface area contributed by atoms with Crippen molar-refractivity contribution in [3.8, 4) is 0 Å². The van der Waals surface area contributed by atoms with Crippen LogP contribution in [-0.4, -0.2) is 108 Å². The minimum absolute atomic E-state index is 0.127. The van der Waals surface area contributed by atoms with Crippen LogP contribution in [0.5, 0.6) is 0 Å². The van der Waals surface area contributed by atoms with Crippen LogP contribution in [0.4, 0.5) is 0 Å². The molecule has 2 aliphatic rings. The number of hydrogen-bond acceptors (Lipinski definition) is 9. The second kappa shape index (κ2) is 16.8. The lowest BCUT2D eigenvalue weighted by Gasteiger charge is -2.18. The number of carbonyl (C=O) groups is 3. The number of likely N-dealkylation sites (tertiary alicyclic amines) is 2. The van der Waals surface area contributed by atoms with Gasteiger partial charge >= 0.3 is 0 Å². The maximum absolute atomic E-state index is 12.5. The Morgan fingerprint density at radius 1 is 0.925 bits per heavy atom. The summed E-state index contributed by atoms with van der Waals surface area (Å²) < 4.78 is 23.7. The summed E-state index contributed by atoms with van der Waals surface area (Å²) >= 11 is 0. The first-order valence-corrected chi connectivity index (χ1v) is 14.6. The second-order valence-corrected chi connectivity index (χ2v) is 11.2. The standard InChI is InChI=1S/C28H47N5O7/c1-21(2)23-5-7-31(18-23)26(34)6-9-37-11-13-39-15-16-40-14-12-38-10-8-32-19-24(29-30-32)20-33-27(35)17-25(22(3)4)28(33)36/h19,21-23,25H,5-18,20H2,1-4H3/t23-,25?/m1/s1. The molecular weight excluding hydrogens is 518 g/mol. The fourth-order valence-corrected chi connectivity index (χ4v) is 4.87. The van der Waals surface area contributed by atoms with E-state index in [1.807, 2.05) is 18.7 Å². The number of imide groups is 1. The van der Waals surface area contributed by atoms with Crippen LogP contribution in [0, 0.1) is 23.7 Å². The number of aromatic nitrogens is 3. The summed E-state index contributed by atoms with van der Waals surface area (Å²) in [6.07, 6.45) is 3.52. The summed E-state index contributed by atoms with van der Waals surface area (Å²) in [6, 6.07) is 0. The monoisotopic (exact) mass is 565 g/mol. The molecule has 3 rings (SSSR count). The molecule has 0 aliphatic carbocycles. The van der Waals surface area contributed by atoms with Gasteiger partial charge in [0, 0.05) is 25.4 Å². The van der Waals surface area contributed by atoms with Gasteiger partial charge in [0.2, 0.25) is 17.7 Å². The SMILES string of the molecule is CC(C)C1CC(=O)N(Cc2cn(CCOCCOCCOCCOCCC(=O)N3CC[C@@H](C(C)C)C3)nn2)C1=O. The summed E-state index contributed by atoms with van der Waals surface area (Å²) in [6.45, 7) is 14.4. The van der Waals surface area contributed by atoms with E-state index in [0.717, 1.165) is 19.5 Å². The molecule has 2 aliphatic heterocycles. The second-order valence-electron chi connectivity index (χ2n) is 11.2. The number of nitrogens with zero attached hydrogens (tertiary/aromatic N) is 5. The summed E-state index contributed by atoms with van der Waals surface area (Å²) in [4.78, 5) is 40.1. The first kappa shape index (κ1) is 32.1. The van der Waals surface area contributed by atoms with Crippen LogP contribution in [-0.2, 0) is 46.4 Å². The lowest BCUT2D eigenvalue weighted by atomic mass is 9.94. The van der Waals surface area contributed by atoms with Gasteiger partial charge in [-0.1, -0.05) is 32.9 Å². The highest BCUT2D eigenvalue weighted by Crippen LogP contribution is 2.27. The van der Waals surface area contributed by atoms with E-state index in [1.165, 1.54) is 4.90 Å². The van der Waals surface area contributed by atoms with Gasteiger partial charge in [0.15, 0.2) is 0 Å². The third kappa shape index (κ3) is 10.2. The number of amides is 3. The lowest BCUT2D eigenvalue weighted by molar-refractivity contribution is -0.140. The Morgan fingerprint density at radius 2 is 1.55 bits per heavy atom. The highest BCUT2D eigenvalue weighted by Gasteiger charge is 2.40. The van der Waals surface area contributed by atoms with Crippen molar-refractivity contribution in [2.24, 2.45) is 23.7 Å². The molecule has 0 radical (unpaired) electrons. The number of ether oxygens (including phenoxy) is 4. The molecule has 3 heterocycles. The van der Waals surface area contributed by atoms with E-state index in [2.05, 4.69) is 24.2 Å². The van der Waals surface area contributed by atoms with Gasteiger partial charge in [0.1, 0.15) is 5.69 Å². The van der Waals surface area contributed by atoms with Crippen molar-refractivity contribution in [2.45, 2.75) is 60.0 Å². The largest absolute Gasteiger partial charge is 0.379 e. The highest BCUT2D eigenvalue weighted by atomic mass is 16.6. The highest BCUT2D eigenvalue weighted by molar-refractivity contribution is 6.03. The molecule has 3 amide bonds. The molecule has 0 N–H and O–H groups in total. The smallest absolute Gasteiger partial charge is 0.233 e. The van der Waals surface area contributed by atoms with Crippen LogP contribution < -0.4 is 0 Å². The van der Waals surface area contributed by atoms with Gasteiger partial charge in [-0.15, -0.1) is 5.10 Å². The van der Waals surface area contributed by atoms with Crippen LogP contribution in [0.3, 0.4) is 0 Å². The molecule has 12 heteroatoms. The van der Waals surface area contributed by atoms with Crippen molar-refractivity contribution in [3.05, 3.63) is 11.9 Å². The van der Waals surface area contributed by atoms with Crippen LogP contribution in [0.25, 0.3) is 0 Å². The molecule has 1 aromatic rings. The van der Waals surface area contributed by atoms with Gasteiger partial charge in [-0.2, -0.15) is 0 Å². The number of carbonyl (C=O) groups excluding carboxylic acids is 3. The van der Waals surface area contributed by atoms with Gasteiger partial charge in [-0.05, 0) is 24.2 Å². The molecule has 0 spiro atoms. The van der Waals surface area contributed by atoms with Crippen molar-refractivity contribution in [1.29, 1.82) is 0 Å². The van der Waals surface area contributed by atoms with E-state index in [-0.39, 0.29) is 42.5 Å². The van der Waals surface area contributed by atoms with Crippen LogP contribution in [0.1, 0.15) is 52.7 Å². The molecule has 0 saturated carbocycles. The average Bonchev–Trinajstić information content (AvgIpc) is 3.65. The minimum atomic E-state index is -0.246. The Labute approximate surface area is 237 Å². The molecule has 2 fully saturated rings. The van der Waals surface area contributed by atoms with Crippen LogP contribution in [0.2, 0.25) is 0 Å². The zero-order valence-corrected chi connectivity index (χ0v) is 24.6. The fourth-order valence-electron chi connectivity index (χ4n) is 4.87. The van der Waals surface area contributed by atoms with E-state index in [4.69, 9.17) is 18.9 Å². The Balaban J connectivity index is 1.11. The lowest BCUT2D eigenvalue weighted by Crippen LogP contribution is -2.31. The zero-order chi connectivity index (χ0) is 28.9. The molecular formula is C28H47N5O7. The van der Waals surface area contributed by atoms with Crippen LogP contribution >= 0.6 is 0 Å². The third-order valence-corrected chi connectivity index (χ3v) is 7.55. The molecule has 2 atom stereocenters. The Bertz CT molecular complexity index is 938. The van der Waals surface area contributed by atoms with Crippen molar-refractivity contribution >= 4 is 17.7 Å². The molecule has 12 nitrogen and oxygen atoms in total. The zero-order valence-electron chi connectivity index (χ0n) is 24.6. The van der Waals surface area contributed by atoms with E-state index in [1.54, 1.807) is 10.9 Å². The first-order valence-electron chi connectivity index (χ1n) is 14.6. The summed E-state index contributed by atoms with van der Waals surface area (Å²) in [5, 5.41) is 8.13. The Hall–Kier alpha value is -2.41. The predicted octanol–water partition coefficient (Wildman–Crippen LogP) is 1.77. The van der Waals surface area contributed by atoms with Crippen molar-refractivity contribution in [3.63, 3.8) is 0 Å². The van der Waals surface area contributed by atoms with Gasteiger partial charge < -0.3 is 23.8 Å². The topological polar surface area (TPSA) is 125 Å². The normalized spacial score (nSPS) is 19.6. The van der Waals surface area contributed by atoms with Gasteiger partial charge in [0.05, 0.1) is 78.6 Å². The summed E-state index contributed by atoms with van der Waals surface area (Å²) in [7, 11) is 0. The Morgan fingerprint density at radius 3 is 2.12 bits per heavy atom. The van der Waals surface area contributed by atoms with Crippen molar-refractivity contribution < 1.29 is 33.3 Å². The molecule has 1 unspecified atom stereocenters. The van der Waals surface area contributed by atoms with E-state index in [9.17, 15) is 14.4 Å². The van der Waals surface area contributed by atoms with Gasteiger partial charge in [0.25, 0.3) is 0 Å². The summed E-state index contributed by atoms with van der Waals surface area (Å²) in [5.41, 5.74) is 0.579. The van der Waals surface area contributed by atoms with Gasteiger partial charge in [-0.3, -0.25) is 19.3 Å². The van der Waals surface area contributed by atoms with Crippen LogP contribution in [0.15, 0.2) is 6.20 Å². The first-order chi connectivity index (χ1) is 19.3. The summed E-state index contributed by atoms with van der Waals surface area (Å²) in [5.74, 6) is 1.03. The van der Waals surface area contributed by atoms with Crippen molar-refractivity contribution in [2.75, 3.05) is 65.9 Å². The Kier molecular flexibility index (Phi) is 13.5. The van der Waals surface area contributed by atoms with E-state index >= 15 is 0 Å². The van der Waals surface area contributed by atoms with E-state index < -0.39 is 0 Å². The van der Waals surface area contributed by atoms with Gasteiger partial charge in [-0.25, -0.2) is 4.68 Å². The fraction of sp³-hybridized carbons (Fsp3) is 0.821. The molecule has 40 heavy (non-hydrogen) atoms. The molecule has 226 valence electrons. The van der Waals surface area contributed by atoms with E-state index in [0.29, 0.717) is 83.4 Å². The predicted molar refractivity (Wildman–Crippen MR) is 146 cm³/mol. The molecule has 0 aromatic carbocycles. The molecule has 0 bridgehead atoms. The quantitative estimate of drug-likeness (QED) is 0.182.